The Balaban J connectivity index is 2.06. The molecule has 0 spiro atoms. The Hall–Kier alpha value is -1.39. The maximum Gasteiger partial charge on any atom is 0.274 e. The van der Waals surface area contributed by atoms with Crippen LogP contribution in [0.4, 0.5) is 5.69 Å². The first-order valence-electron chi connectivity index (χ1n) is 5.87. The lowest BCUT2D eigenvalue weighted by Gasteiger charge is -2.10. The number of para-hydroxylation sites is 2. The Morgan fingerprint density at radius 3 is 2.78 bits per heavy atom. The molecule has 1 heterocycles. The number of hydrogen-bond donors (Lipinski definition) is 0. The van der Waals surface area contributed by atoms with Crippen molar-refractivity contribution in [2.45, 2.75) is 19.5 Å². The van der Waals surface area contributed by atoms with Crippen LogP contribution in [0.15, 0.2) is 46.8 Å². The third kappa shape index (κ3) is 3.82. The van der Waals surface area contributed by atoms with Crippen LogP contribution in [0.1, 0.15) is 4.88 Å². The molecule has 0 fully saturated rings. The van der Waals surface area contributed by atoms with Crippen molar-refractivity contribution < 1.29 is 4.43 Å². The van der Waals surface area contributed by atoms with Gasteiger partial charge in [0.2, 0.25) is 0 Å². The fourth-order valence-corrected chi connectivity index (χ4v) is 2.80. The lowest BCUT2D eigenvalue weighted by atomic mass is 10.3. The zero-order chi connectivity index (χ0) is 12.8. The van der Waals surface area contributed by atoms with Gasteiger partial charge in [-0.05, 0) is 36.7 Å². The van der Waals surface area contributed by atoms with Crippen LogP contribution in [-0.2, 0) is 6.42 Å². The molecule has 4 heteroatoms. The molecule has 0 saturated carbocycles. The predicted octanol–water partition coefficient (Wildman–Crippen LogP) is 4.32. The molecule has 2 aromatic rings. The molecule has 2 nitrogen and oxygen atoms in total. The Labute approximate surface area is 114 Å². The summed E-state index contributed by atoms with van der Waals surface area (Å²) in [5.74, 6) is 0.888. The Morgan fingerprint density at radius 2 is 2.06 bits per heavy atom. The summed E-state index contributed by atoms with van der Waals surface area (Å²) in [6.45, 7) is 4.24. The highest BCUT2D eigenvalue weighted by Crippen LogP contribution is 2.27. The third-order valence-corrected chi connectivity index (χ3v) is 3.81. The van der Waals surface area contributed by atoms with E-state index in [1.54, 1.807) is 11.3 Å². The molecule has 0 bridgehead atoms. The minimum Gasteiger partial charge on any atom is -0.541 e. The van der Waals surface area contributed by atoms with Gasteiger partial charge in [0.15, 0.2) is 0 Å². The predicted molar refractivity (Wildman–Crippen MR) is 80.7 cm³/mol. The van der Waals surface area contributed by atoms with E-state index < -0.39 is 9.04 Å². The summed E-state index contributed by atoms with van der Waals surface area (Å²) in [4.78, 5) is 5.83. The van der Waals surface area contributed by atoms with E-state index in [-0.39, 0.29) is 0 Å². The van der Waals surface area contributed by atoms with Gasteiger partial charge in [0, 0.05) is 17.5 Å². The van der Waals surface area contributed by atoms with Gasteiger partial charge in [-0.2, -0.15) is 0 Å². The van der Waals surface area contributed by atoms with Gasteiger partial charge in [-0.3, -0.25) is 4.99 Å². The van der Waals surface area contributed by atoms with E-state index in [1.165, 1.54) is 4.88 Å². The monoisotopic (exact) mass is 274 g/mol. The van der Waals surface area contributed by atoms with Crippen LogP contribution in [0.25, 0.3) is 0 Å². The Bertz CT molecular complexity index is 508. The summed E-state index contributed by atoms with van der Waals surface area (Å²) in [7, 11) is -0.748. The van der Waals surface area contributed by atoms with Crippen molar-refractivity contribution >= 4 is 32.3 Å². The van der Waals surface area contributed by atoms with Crippen LogP contribution in [-0.4, -0.2) is 15.3 Å². The number of nitrogens with zero attached hydrogens (tertiary/aromatic N) is 1. The summed E-state index contributed by atoms with van der Waals surface area (Å²) in [5.41, 5.74) is 0.917. The number of rotatable bonds is 5. The van der Waals surface area contributed by atoms with Crippen molar-refractivity contribution in [3.63, 3.8) is 0 Å². The summed E-state index contributed by atoms with van der Waals surface area (Å²) >= 11 is 1.76. The van der Waals surface area contributed by atoms with Gasteiger partial charge in [0.1, 0.15) is 11.4 Å². The molecule has 0 unspecified atom stereocenters. The number of thiophene rings is 1. The summed E-state index contributed by atoms with van der Waals surface area (Å²) in [5, 5.41) is 2.09. The SMILES string of the molecule is C[Si](C)Oc1ccccc1N=CCc1cccs1. The lowest BCUT2D eigenvalue weighted by molar-refractivity contribution is 0.582. The van der Waals surface area contributed by atoms with E-state index in [0.29, 0.717) is 0 Å². The standard InChI is InChI=1S/C14H16NOSSi/c1-18(2)16-14-8-4-3-7-13(14)15-10-9-12-6-5-11-17-12/h3-8,10-11H,9H2,1-2H3. The second-order valence-electron chi connectivity index (χ2n) is 4.07. The number of aliphatic imine (C=N–C) groups is 1. The molecule has 0 aliphatic rings. The highest BCUT2D eigenvalue weighted by molar-refractivity contribution is 7.10. The maximum atomic E-state index is 5.82. The molecule has 0 atom stereocenters. The van der Waals surface area contributed by atoms with Crippen molar-refractivity contribution in [3.8, 4) is 5.75 Å². The first-order chi connectivity index (χ1) is 8.75. The molecule has 0 amide bonds. The smallest absolute Gasteiger partial charge is 0.274 e. The van der Waals surface area contributed by atoms with Gasteiger partial charge in [-0.25, -0.2) is 0 Å². The zero-order valence-corrected chi connectivity index (χ0v) is 12.4. The quantitative estimate of drug-likeness (QED) is 0.587. The van der Waals surface area contributed by atoms with Crippen molar-refractivity contribution in [2.24, 2.45) is 4.99 Å². The first kappa shape index (κ1) is 13.0. The first-order valence-corrected chi connectivity index (χ1v) is 9.16. The molecule has 0 N–H and O–H groups in total. The van der Waals surface area contributed by atoms with Crippen LogP contribution in [0.5, 0.6) is 5.75 Å². The van der Waals surface area contributed by atoms with Gasteiger partial charge >= 0.3 is 0 Å². The van der Waals surface area contributed by atoms with Crippen LogP contribution in [0, 0.1) is 0 Å². The average molecular weight is 274 g/mol. The maximum absolute atomic E-state index is 5.82. The minimum absolute atomic E-state index is 0.748. The zero-order valence-electron chi connectivity index (χ0n) is 10.6. The van der Waals surface area contributed by atoms with Crippen molar-refractivity contribution in [1.29, 1.82) is 0 Å². The van der Waals surface area contributed by atoms with Gasteiger partial charge in [0.05, 0.1) is 0 Å². The fraction of sp³-hybridized carbons (Fsp3) is 0.214. The van der Waals surface area contributed by atoms with Gasteiger partial charge in [-0.1, -0.05) is 18.2 Å². The number of hydrogen-bond acceptors (Lipinski definition) is 3. The minimum atomic E-state index is -0.748. The van der Waals surface area contributed by atoms with E-state index in [0.717, 1.165) is 17.9 Å². The second-order valence-corrected chi connectivity index (χ2v) is 7.13. The van der Waals surface area contributed by atoms with E-state index in [4.69, 9.17) is 4.43 Å². The normalized spacial score (nSPS) is 11.3. The van der Waals surface area contributed by atoms with E-state index >= 15 is 0 Å². The Kier molecular flexibility index (Phi) is 4.72. The Morgan fingerprint density at radius 1 is 1.22 bits per heavy atom. The summed E-state index contributed by atoms with van der Waals surface area (Å²) in [6, 6.07) is 12.1. The fourth-order valence-electron chi connectivity index (χ4n) is 1.53. The second kappa shape index (κ2) is 6.52. The van der Waals surface area contributed by atoms with E-state index in [2.05, 4.69) is 35.6 Å². The lowest BCUT2D eigenvalue weighted by Crippen LogP contribution is -2.11. The topological polar surface area (TPSA) is 21.6 Å². The highest BCUT2D eigenvalue weighted by atomic mass is 32.1. The van der Waals surface area contributed by atoms with Crippen LogP contribution >= 0.6 is 11.3 Å². The van der Waals surface area contributed by atoms with Crippen LogP contribution in [0.3, 0.4) is 0 Å². The molecule has 0 aliphatic carbocycles. The molecule has 93 valence electrons. The molecule has 2 rings (SSSR count). The molecule has 1 aromatic carbocycles. The van der Waals surface area contributed by atoms with Gasteiger partial charge in [-0.15, -0.1) is 11.3 Å². The highest BCUT2D eigenvalue weighted by Gasteiger charge is 2.04. The molecular weight excluding hydrogens is 258 g/mol. The molecule has 1 radical (unpaired) electrons. The van der Waals surface area contributed by atoms with Crippen molar-refractivity contribution in [3.05, 3.63) is 46.7 Å². The van der Waals surface area contributed by atoms with E-state index in [9.17, 15) is 0 Å². The van der Waals surface area contributed by atoms with Crippen LogP contribution in [0.2, 0.25) is 13.1 Å². The van der Waals surface area contributed by atoms with Crippen molar-refractivity contribution in [2.75, 3.05) is 0 Å². The van der Waals surface area contributed by atoms with Gasteiger partial charge < -0.3 is 4.43 Å². The average Bonchev–Trinajstić information content (AvgIpc) is 2.84. The van der Waals surface area contributed by atoms with Gasteiger partial charge in [0.25, 0.3) is 9.04 Å². The third-order valence-electron chi connectivity index (χ3n) is 2.28. The van der Waals surface area contributed by atoms with E-state index in [1.807, 2.05) is 30.5 Å². The molecule has 18 heavy (non-hydrogen) atoms. The van der Waals surface area contributed by atoms with Crippen LogP contribution < -0.4 is 4.43 Å². The summed E-state index contributed by atoms with van der Waals surface area (Å²) in [6.07, 6.45) is 2.83. The molecule has 0 saturated heterocycles. The molecule has 1 aromatic heterocycles. The van der Waals surface area contributed by atoms with Crippen molar-refractivity contribution in [1.82, 2.24) is 0 Å². The molecule has 0 aliphatic heterocycles. The number of benzene rings is 1. The largest absolute Gasteiger partial charge is 0.541 e. The molecular formula is C14H16NOSSi. The summed E-state index contributed by atoms with van der Waals surface area (Å²) < 4.78 is 5.82.